The molecule has 0 aromatic heterocycles. The van der Waals surface area contributed by atoms with Crippen LogP contribution >= 0.6 is 0 Å². The van der Waals surface area contributed by atoms with E-state index < -0.39 is 0 Å². The lowest BCUT2D eigenvalue weighted by Crippen LogP contribution is -1.94. The standard InChI is InChI=1S/C15H16O3/c1-11-7-9-12(10-8-11)18-15-13(16-2)5-4-6-14(15)17-3/h4-10H,1-3H3. The molecule has 0 N–H and O–H groups in total. The molecule has 0 saturated heterocycles. The third kappa shape index (κ3) is 2.56. The predicted molar refractivity (Wildman–Crippen MR) is 70.8 cm³/mol. The number of methoxy groups -OCH3 is 2. The molecule has 2 aromatic rings. The number of aryl methyl sites for hydroxylation is 1. The summed E-state index contributed by atoms with van der Waals surface area (Å²) in [5.74, 6) is 2.64. The lowest BCUT2D eigenvalue weighted by atomic mass is 10.2. The molecule has 0 unspecified atom stereocenters. The summed E-state index contributed by atoms with van der Waals surface area (Å²) in [6.07, 6.45) is 0. The summed E-state index contributed by atoms with van der Waals surface area (Å²) in [6, 6.07) is 13.4. The van der Waals surface area contributed by atoms with E-state index in [1.807, 2.05) is 49.4 Å². The van der Waals surface area contributed by atoms with Gasteiger partial charge in [0.25, 0.3) is 0 Å². The highest BCUT2D eigenvalue weighted by Gasteiger charge is 2.11. The minimum absolute atomic E-state index is 0.589. The summed E-state index contributed by atoms with van der Waals surface area (Å²) in [6.45, 7) is 2.04. The second kappa shape index (κ2) is 5.45. The average Bonchev–Trinajstić information content (AvgIpc) is 2.41. The Labute approximate surface area is 107 Å². The predicted octanol–water partition coefficient (Wildman–Crippen LogP) is 3.80. The van der Waals surface area contributed by atoms with Crippen molar-refractivity contribution in [2.24, 2.45) is 0 Å². The maximum Gasteiger partial charge on any atom is 0.210 e. The Hall–Kier alpha value is -2.16. The molecule has 0 fully saturated rings. The number of hydrogen-bond acceptors (Lipinski definition) is 3. The first-order chi connectivity index (χ1) is 8.74. The molecular formula is C15H16O3. The molecule has 0 spiro atoms. The highest BCUT2D eigenvalue weighted by Crippen LogP contribution is 2.39. The summed E-state index contributed by atoms with van der Waals surface area (Å²) in [5, 5.41) is 0. The normalized spacial score (nSPS) is 9.94. The Bertz CT molecular complexity index is 496. The fraction of sp³-hybridized carbons (Fsp3) is 0.200. The van der Waals surface area contributed by atoms with E-state index in [1.54, 1.807) is 14.2 Å². The number of benzene rings is 2. The molecule has 3 heteroatoms. The molecular weight excluding hydrogens is 228 g/mol. The number of hydrogen-bond donors (Lipinski definition) is 0. The molecule has 0 aliphatic carbocycles. The smallest absolute Gasteiger partial charge is 0.210 e. The lowest BCUT2D eigenvalue weighted by Gasteiger charge is -2.13. The first kappa shape index (κ1) is 12.3. The molecule has 94 valence electrons. The Balaban J connectivity index is 2.35. The lowest BCUT2D eigenvalue weighted by molar-refractivity contribution is 0.346. The summed E-state index contributed by atoms with van der Waals surface area (Å²) in [7, 11) is 3.22. The molecule has 2 aromatic carbocycles. The van der Waals surface area contributed by atoms with Gasteiger partial charge >= 0.3 is 0 Å². The van der Waals surface area contributed by atoms with Gasteiger partial charge in [0.2, 0.25) is 5.75 Å². The largest absolute Gasteiger partial charge is 0.493 e. The van der Waals surface area contributed by atoms with Gasteiger partial charge in [-0.05, 0) is 31.2 Å². The summed E-state index contributed by atoms with van der Waals surface area (Å²) < 4.78 is 16.4. The van der Waals surface area contributed by atoms with Gasteiger partial charge in [0.1, 0.15) is 5.75 Å². The van der Waals surface area contributed by atoms with E-state index in [1.165, 1.54) is 5.56 Å². The molecule has 0 bridgehead atoms. The van der Waals surface area contributed by atoms with Crippen LogP contribution in [0.1, 0.15) is 5.56 Å². The van der Waals surface area contributed by atoms with Crippen molar-refractivity contribution in [3.8, 4) is 23.0 Å². The first-order valence-electron chi connectivity index (χ1n) is 5.70. The van der Waals surface area contributed by atoms with Gasteiger partial charge in [-0.1, -0.05) is 23.8 Å². The van der Waals surface area contributed by atoms with Gasteiger partial charge < -0.3 is 14.2 Å². The van der Waals surface area contributed by atoms with Crippen molar-refractivity contribution in [2.75, 3.05) is 14.2 Å². The first-order valence-corrected chi connectivity index (χ1v) is 5.70. The Kier molecular flexibility index (Phi) is 3.72. The van der Waals surface area contributed by atoms with Crippen molar-refractivity contribution in [1.82, 2.24) is 0 Å². The molecule has 3 nitrogen and oxygen atoms in total. The summed E-state index contributed by atoms with van der Waals surface area (Å²) >= 11 is 0. The van der Waals surface area contributed by atoms with Gasteiger partial charge in [-0.15, -0.1) is 0 Å². The number of ether oxygens (including phenoxy) is 3. The zero-order chi connectivity index (χ0) is 13.0. The highest BCUT2D eigenvalue weighted by atomic mass is 16.5. The number of para-hydroxylation sites is 1. The third-order valence-electron chi connectivity index (χ3n) is 2.62. The van der Waals surface area contributed by atoms with Crippen molar-refractivity contribution in [1.29, 1.82) is 0 Å². The minimum atomic E-state index is 0.589. The Morgan fingerprint density at radius 1 is 0.778 bits per heavy atom. The van der Waals surface area contributed by atoms with Crippen molar-refractivity contribution in [3.05, 3.63) is 48.0 Å². The molecule has 0 atom stereocenters. The van der Waals surface area contributed by atoms with Crippen LogP contribution in [0.5, 0.6) is 23.0 Å². The van der Waals surface area contributed by atoms with Gasteiger partial charge in [-0.25, -0.2) is 0 Å². The van der Waals surface area contributed by atoms with Crippen molar-refractivity contribution in [3.63, 3.8) is 0 Å². The maximum atomic E-state index is 5.83. The topological polar surface area (TPSA) is 27.7 Å². The average molecular weight is 244 g/mol. The van der Waals surface area contributed by atoms with E-state index >= 15 is 0 Å². The quantitative estimate of drug-likeness (QED) is 0.818. The van der Waals surface area contributed by atoms with Crippen LogP contribution in [0.4, 0.5) is 0 Å². The number of rotatable bonds is 4. The van der Waals surface area contributed by atoms with E-state index in [2.05, 4.69) is 0 Å². The second-order valence-electron chi connectivity index (χ2n) is 3.91. The van der Waals surface area contributed by atoms with Crippen LogP contribution < -0.4 is 14.2 Å². The van der Waals surface area contributed by atoms with Crippen molar-refractivity contribution >= 4 is 0 Å². The fourth-order valence-electron chi connectivity index (χ4n) is 1.64. The minimum Gasteiger partial charge on any atom is -0.493 e. The van der Waals surface area contributed by atoms with E-state index in [9.17, 15) is 0 Å². The van der Waals surface area contributed by atoms with E-state index in [0.29, 0.717) is 17.2 Å². The molecule has 0 aliphatic heterocycles. The van der Waals surface area contributed by atoms with E-state index in [0.717, 1.165) is 5.75 Å². The van der Waals surface area contributed by atoms with Crippen molar-refractivity contribution in [2.45, 2.75) is 6.92 Å². The van der Waals surface area contributed by atoms with Crippen molar-refractivity contribution < 1.29 is 14.2 Å². The molecule has 0 aliphatic rings. The molecule has 2 rings (SSSR count). The van der Waals surface area contributed by atoms with Gasteiger partial charge in [0.05, 0.1) is 14.2 Å². The SMILES string of the molecule is COc1cccc(OC)c1Oc1ccc(C)cc1. The monoisotopic (exact) mass is 244 g/mol. The second-order valence-corrected chi connectivity index (χ2v) is 3.91. The zero-order valence-electron chi connectivity index (χ0n) is 10.8. The molecule has 0 radical (unpaired) electrons. The van der Waals surface area contributed by atoms with Gasteiger partial charge in [0.15, 0.2) is 11.5 Å². The summed E-state index contributed by atoms with van der Waals surface area (Å²) in [4.78, 5) is 0. The van der Waals surface area contributed by atoms with Crippen LogP contribution in [0.25, 0.3) is 0 Å². The third-order valence-corrected chi connectivity index (χ3v) is 2.62. The van der Waals surface area contributed by atoms with Crippen LogP contribution in [-0.2, 0) is 0 Å². The fourth-order valence-corrected chi connectivity index (χ4v) is 1.64. The highest BCUT2D eigenvalue weighted by molar-refractivity contribution is 5.53. The Morgan fingerprint density at radius 2 is 1.33 bits per heavy atom. The van der Waals surface area contributed by atoms with E-state index in [4.69, 9.17) is 14.2 Å². The van der Waals surface area contributed by atoms with Crippen LogP contribution in [0.15, 0.2) is 42.5 Å². The zero-order valence-corrected chi connectivity index (χ0v) is 10.8. The van der Waals surface area contributed by atoms with E-state index in [-0.39, 0.29) is 0 Å². The van der Waals surface area contributed by atoms with Crippen LogP contribution in [0.2, 0.25) is 0 Å². The molecule has 0 amide bonds. The van der Waals surface area contributed by atoms with Gasteiger partial charge in [-0.2, -0.15) is 0 Å². The van der Waals surface area contributed by atoms with Gasteiger partial charge in [-0.3, -0.25) is 0 Å². The van der Waals surface area contributed by atoms with Crippen LogP contribution in [0.3, 0.4) is 0 Å². The maximum absolute atomic E-state index is 5.83. The van der Waals surface area contributed by atoms with Gasteiger partial charge in [0, 0.05) is 0 Å². The van der Waals surface area contributed by atoms with Crippen LogP contribution in [0, 0.1) is 6.92 Å². The van der Waals surface area contributed by atoms with Crippen LogP contribution in [-0.4, -0.2) is 14.2 Å². The molecule has 0 heterocycles. The summed E-state index contributed by atoms with van der Waals surface area (Å²) in [5.41, 5.74) is 1.19. The molecule has 0 saturated carbocycles. The Morgan fingerprint density at radius 3 is 1.83 bits per heavy atom. The molecule has 18 heavy (non-hydrogen) atoms.